The maximum atomic E-state index is 13.3. The summed E-state index contributed by atoms with van der Waals surface area (Å²) in [7, 11) is 0. The number of carbonyl (C=O) groups is 1. The third-order valence-corrected chi connectivity index (χ3v) is 3.64. The van der Waals surface area contributed by atoms with Crippen LogP contribution in [0.2, 0.25) is 15.1 Å². The van der Waals surface area contributed by atoms with Gasteiger partial charge in [0.05, 0.1) is 15.1 Å². The Morgan fingerprint density at radius 3 is 2.26 bits per heavy atom. The van der Waals surface area contributed by atoms with Crippen LogP contribution in [-0.4, -0.2) is 5.78 Å². The van der Waals surface area contributed by atoms with Crippen molar-refractivity contribution in [3.05, 3.63) is 68.4 Å². The molecule has 0 amide bonds. The number of rotatable bonds is 3. The van der Waals surface area contributed by atoms with Gasteiger partial charge in [-0.3, -0.25) is 4.79 Å². The molecule has 1 nitrogen and oxygen atoms in total. The molecule has 2 rings (SSSR count). The highest BCUT2D eigenvalue weighted by Gasteiger charge is 2.10. The first-order valence-corrected chi connectivity index (χ1v) is 6.53. The van der Waals surface area contributed by atoms with Crippen LogP contribution in [0.3, 0.4) is 0 Å². The lowest BCUT2D eigenvalue weighted by atomic mass is 10.0. The van der Waals surface area contributed by atoms with Crippen molar-refractivity contribution >= 4 is 40.6 Å². The SMILES string of the molecule is O=C(Cc1ccc(Cl)c(Cl)c1)c1ccc(Cl)c(F)c1. The van der Waals surface area contributed by atoms with E-state index in [0.29, 0.717) is 10.0 Å². The third kappa shape index (κ3) is 3.47. The van der Waals surface area contributed by atoms with E-state index in [0.717, 1.165) is 11.6 Å². The Labute approximate surface area is 124 Å². The van der Waals surface area contributed by atoms with Gasteiger partial charge in [0.15, 0.2) is 5.78 Å². The molecule has 0 unspecified atom stereocenters. The number of Topliss-reactive ketones (excluding diaryl/α,β-unsaturated/α-hetero) is 1. The molecule has 0 atom stereocenters. The van der Waals surface area contributed by atoms with Crippen molar-refractivity contribution in [3.8, 4) is 0 Å². The number of ketones is 1. The Kier molecular flexibility index (Phi) is 4.46. The summed E-state index contributed by atoms with van der Waals surface area (Å²) in [5.74, 6) is -0.824. The van der Waals surface area contributed by atoms with Gasteiger partial charge in [-0.25, -0.2) is 4.39 Å². The van der Waals surface area contributed by atoms with Crippen LogP contribution in [0, 0.1) is 5.82 Å². The molecule has 0 aliphatic rings. The van der Waals surface area contributed by atoms with Gasteiger partial charge in [-0.15, -0.1) is 0 Å². The van der Waals surface area contributed by atoms with Crippen molar-refractivity contribution in [2.75, 3.05) is 0 Å². The van der Waals surface area contributed by atoms with E-state index in [9.17, 15) is 9.18 Å². The van der Waals surface area contributed by atoms with Crippen molar-refractivity contribution in [1.82, 2.24) is 0 Å². The minimum absolute atomic E-state index is 0.00825. The van der Waals surface area contributed by atoms with E-state index in [2.05, 4.69) is 0 Å². The monoisotopic (exact) mass is 316 g/mol. The summed E-state index contributed by atoms with van der Waals surface area (Å²) < 4.78 is 13.3. The number of halogens is 4. The summed E-state index contributed by atoms with van der Waals surface area (Å²) in [6.07, 6.45) is 0.123. The lowest BCUT2D eigenvalue weighted by Gasteiger charge is -2.04. The van der Waals surface area contributed by atoms with E-state index in [1.807, 2.05) is 0 Å². The molecule has 19 heavy (non-hydrogen) atoms. The molecule has 98 valence electrons. The maximum Gasteiger partial charge on any atom is 0.167 e. The summed E-state index contributed by atoms with van der Waals surface area (Å²) in [6.45, 7) is 0. The largest absolute Gasteiger partial charge is 0.294 e. The number of benzene rings is 2. The number of carbonyl (C=O) groups excluding carboxylic acids is 1. The predicted octanol–water partition coefficient (Wildman–Crippen LogP) is 5.21. The van der Waals surface area contributed by atoms with Crippen molar-refractivity contribution < 1.29 is 9.18 Å². The molecule has 0 aliphatic carbocycles. The standard InChI is InChI=1S/C14H8Cl3FO/c15-10-3-1-8(5-12(10)17)6-14(19)9-2-4-11(16)13(18)7-9/h1-5,7H,6H2. The quantitative estimate of drug-likeness (QED) is 0.710. The zero-order valence-corrected chi connectivity index (χ0v) is 11.9. The van der Waals surface area contributed by atoms with Gasteiger partial charge >= 0.3 is 0 Å². The molecule has 0 bridgehead atoms. The van der Waals surface area contributed by atoms with E-state index in [4.69, 9.17) is 34.8 Å². The number of hydrogen-bond acceptors (Lipinski definition) is 1. The number of hydrogen-bond donors (Lipinski definition) is 0. The molecule has 0 radical (unpaired) electrons. The van der Waals surface area contributed by atoms with Crippen LogP contribution in [-0.2, 0) is 6.42 Å². The van der Waals surface area contributed by atoms with Crippen molar-refractivity contribution in [2.45, 2.75) is 6.42 Å². The van der Waals surface area contributed by atoms with Crippen LogP contribution in [0.4, 0.5) is 4.39 Å². The molecule has 0 saturated carbocycles. The minimum Gasteiger partial charge on any atom is -0.294 e. The minimum atomic E-state index is -0.610. The van der Waals surface area contributed by atoms with E-state index >= 15 is 0 Å². The summed E-state index contributed by atoms with van der Waals surface area (Å²) >= 11 is 17.2. The Morgan fingerprint density at radius 2 is 1.63 bits per heavy atom. The Bertz CT molecular complexity index is 641. The highest BCUT2D eigenvalue weighted by Crippen LogP contribution is 2.23. The smallest absolute Gasteiger partial charge is 0.167 e. The zero-order valence-electron chi connectivity index (χ0n) is 9.59. The van der Waals surface area contributed by atoms with E-state index in [1.165, 1.54) is 12.1 Å². The average Bonchev–Trinajstić information content (AvgIpc) is 2.37. The van der Waals surface area contributed by atoms with Gasteiger partial charge in [0, 0.05) is 12.0 Å². The average molecular weight is 318 g/mol. The van der Waals surface area contributed by atoms with Crippen LogP contribution in [0.15, 0.2) is 36.4 Å². The molecule has 0 aliphatic heterocycles. The fraction of sp³-hybridized carbons (Fsp3) is 0.0714. The molecule has 2 aromatic rings. The van der Waals surface area contributed by atoms with Gasteiger partial charge in [0.2, 0.25) is 0 Å². The van der Waals surface area contributed by atoms with Gasteiger partial charge in [-0.05, 0) is 35.9 Å². The van der Waals surface area contributed by atoms with Crippen LogP contribution in [0.25, 0.3) is 0 Å². The van der Waals surface area contributed by atoms with Crippen LogP contribution < -0.4 is 0 Å². The Hall–Kier alpha value is -1.09. The molecule has 0 fully saturated rings. The van der Waals surface area contributed by atoms with Gasteiger partial charge < -0.3 is 0 Å². The summed E-state index contributed by atoms with van der Waals surface area (Å²) in [6, 6.07) is 8.92. The molecule has 0 saturated heterocycles. The summed E-state index contributed by atoms with van der Waals surface area (Å²) in [5.41, 5.74) is 0.989. The van der Waals surface area contributed by atoms with Crippen LogP contribution in [0.5, 0.6) is 0 Å². The second kappa shape index (κ2) is 5.91. The lowest BCUT2D eigenvalue weighted by molar-refractivity contribution is 0.0992. The Balaban J connectivity index is 2.20. The van der Waals surface area contributed by atoms with E-state index in [1.54, 1.807) is 18.2 Å². The Morgan fingerprint density at radius 1 is 0.947 bits per heavy atom. The molecule has 0 N–H and O–H groups in total. The molecule has 5 heteroatoms. The summed E-state index contributed by atoms with van der Waals surface area (Å²) in [5, 5.41) is 0.802. The normalized spacial score (nSPS) is 10.5. The molecule has 2 aromatic carbocycles. The van der Waals surface area contributed by atoms with Crippen LogP contribution >= 0.6 is 34.8 Å². The second-order valence-electron chi connectivity index (χ2n) is 3.98. The molecule has 0 aromatic heterocycles. The second-order valence-corrected chi connectivity index (χ2v) is 5.20. The molecule has 0 heterocycles. The maximum absolute atomic E-state index is 13.3. The topological polar surface area (TPSA) is 17.1 Å². The molecule has 0 spiro atoms. The third-order valence-electron chi connectivity index (χ3n) is 2.59. The fourth-order valence-corrected chi connectivity index (χ4v) is 2.04. The van der Waals surface area contributed by atoms with E-state index < -0.39 is 5.82 Å². The van der Waals surface area contributed by atoms with Gasteiger partial charge in [-0.1, -0.05) is 40.9 Å². The van der Waals surface area contributed by atoms with Gasteiger partial charge in [0.25, 0.3) is 0 Å². The van der Waals surface area contributed by atoms with Crippen molar-refractivity contribution in [3.63, 3.8) is 0 Å². The molecular formula is C14H8Cl3FO. The first-order chi connectivity index (χ1) is 8.97. The highest BCUT2D eigenvalue weighted by molar-refractivity contribution is 6.42. The fourth-order valence-electron chi connectivity index (χ4n) is 1.61. The zero-order chi connectivity index (χ0) is 14.0. The first kappa shape index (κ1) is 14.3. The highest BCUT2D eigenvalue weighted by atomic mass is 35.5. The van der Waals surface area contributed by atoms with E-state index in [-0.39, 0.29) is 22.8 Å². The van der Waals surface area contributed by atoms with Gasteiger partial charge in [0.1, 0.15) is 5.82 Å². The first-order valence-electron chi connectivity index (χ1n) is 5.39. The lowest BCUT2D eigenvalue weighted by Crippen LogP contribution is -2.04. The predicted molar refractivity (Wildman–Crippen MR) is 75.9 cm³/mol. The van der Waals surface area contributed by atoms with Crippen molar-refractivity contribution in [2.24, 2.45) is 0 Å². The van der Waals surface area contributed by atoms with Gasteiger partial charge in [-0.2, -0.15) is 0 Å². The summed E-state index contributed by atoms with van der Waals surface area (Å²) in [4.78, 5) is 12.0. The molecular weight excluding hydrogens is 310 g/mol. The van der Waals surface area contributed by atoms with Crippen molar-refractivity contribution in [1.29, 1.82) is 0 Å². The van der Waals surface area contributed by atoms with Crippen LogP contribution in [0.1, 0.15) is 15.9 Å².